The Morgan fingerprint density at radius 3 is 2.45 bits per heavy atom. The summed E-state index contributed by atoms with van der Waals surface area (Å²) in [5.74, 6) is 0.617. The van der Waals surface area contributed by atoms with Crippen molar-refractivity contribution in [2.45, 2.75) is 26.4 Å². The number of rotatable bonds is 4. The zero-order valence-electron chi connectivity index (χ0n) is 13.9. The van der Waals surface area contributed by atoms with E-state index in [1.807, 2.05) is 26.8 Å². The summed E-state index contributed by atoms with van der Waals surface area (Å²) in [5, 5.41) is 0. The van der Waals surface area contributed by atoms with Crippen molar-refractivity contribution in [3.05, 3.63) is 23.9 Å². The van der Waals surface area contributed by atoms with Crippen LogP contribution >= 0.6 is 8.58 Å². The summed E-state index contributed by atoms with van der Waals surface area (Å²) >= 11 is 0. The number of nitrogens with zero attached hydrogens (tertiary/aromatic N) is 3. The SMILES string of the molecule is CPCN1CCN(c2ccc(C(=O)OC(C)(C)C)cn2)CC1. The van der Waals surface area contributed by atoms with Crippen molar-refractivity contribution in [1.82, 2.24) is 9.88 Å². The quantitative estimate of drug-likeness (QED) is 0.629. The van der Waals surface area contributed by atoms with Crippen LogP contribution < -0.4 is 4.90 Å². The number of hydrogen-bond acceptors (Lipinski definition) is 5. The van der Waals surface area contributed by atoms with Gasteiger partial charge in [0.1, 0.15) is 11.4 Å². The van der Waals surface area contributed by atoms with Crippen LogP contribution in [0.25, 0.3) is 0 Å². The van der Waals surface area contributed by atoms with Gasteiger partial charge in [0.05, 0.1) is 5.56 Å². The zero-order chi connectivity index (χ0) is 16.2. The minimum atomic E-state index is -0.480. The standard InChI is InChI=1S/C16H26N3O2P/c1-16(2,3)21-15(20)13-5-6-14(17-11-13)19-9-7-18(8-10-19)12-22-4/h5-6,11,22H,7-10,12H2,1-4H3. The Hall–Kier alpha value is -1.19. The second kappa shape index (κ2) is 7.38. The number of anilines is 1. The minimum Gasteiger partial charge on any atom is -0.456 e. The Labute approximate surface area is 134 Å². The lowest BCUT2D eigenvalue weighted by Crippen LogP contribution is -2.46. The van der Waals surface area contributed by atoms with Crippen molar-refractivity contribution in [2.75, 3.05) is 44.0 Å². The minimum absolute atomic E-state index is 0.319. The molecule has 0 saturated carbocycles. The van der Waals surface area contributed by atoms with Crippen molar-refractivity contribution in [3.63, 3.8) is 0 Å². The molecule has 1 aromatic rings. The second-order valence-electron chi connectivity index (χ2n) is 6.52. The number of aromatic nitrogens is 1. The summed E-state index contributed by atoms with van der Waals surface area (Å²) in [6.45, 7) is 12.0. The molecule has 0 amide bonds. The molecule has 0 N–H and O–H groups in total. The molecule has 0 aromatic carbocycles. The van der Waals surface area contributed by atoms with Crippen LogP contribution in [0.15, 0.2) is 18.3 Å². The van der Waals surface area contributed by atoms with Gasteiger partial charge in [-0.15, -0.1) is 8.58 Å². The number of piperazine rings is 1. The van der Waals surface area contributed by atoms with Crippen LogP contribution in [-0.4, -0.2) is 60.6 Å². The van der Waals surface area contributed by atoms with Gasteiger partial charge in [-0.3, -0.25) is 4.90 Å². The highest BCUT2D eigenvalue weighted by Crippen LogP contribution is 2.17. The summed E-state index contributed by atoms with van der Waals surface area (Å²) in [6, 6.07) is 3.71. The summed E-state index contributed by atoms with van der Waals surface area (Å²) in [7, 11) is 0.978. The Bertz CT molecular complexity index is 491. The number of esters is 1. The molecule has 22 heavy (non-hydrogen) atoms. The molecule has 0 spiro atoms. The van der Waals surface area contributed by atoms with E-state index >= 15 is 0 Å². The first-order valence-corrected chi connectivity index (χ1v) is 9.41. The molecular weight excluding hydrogens is 297 g/mol. The third-order valence-electron chi connectivity index (χ3n) is 3.46. The Kier molecular flexibility index (Phi) is 5.76. The molecule has 2 heterocycles. The number of pyridine rings is 1. The number of ether oxygens (including phenoxy) is 1. The fourth-order valence-electron chi connectivity index (χ4n) is 2.39. The van der Waals surface area contributed by atoms with E-state index in [0.29, 0.717) is 5.56 Å². The molecule has 1 aromatic heterocycles. The number of hydrogen-bond donors (Lipinski definition) is 0. The molecule has 5 nitrogen and oxygen atoms in total. The molecule has 122 valence electrons. The van der Waals surface area contributed by atoms with E-state index in [1.165, 1.54) is 6.29 Å². The van der Waals surface area contributed by atoms with Gasteiger partial charge in [-0.1, -0.05) is 0 Å². The van der Waals surface area contributed by atoms with E-state index in [0.717, 1.165) is 40.6 Å². The van der Waals surface area contributed by atoms with E-state index in [4.69, 9.17) is 4.74 Å². The van der Waals surface area contributed by atoms with Gasteiger partial charge in [-0.25, -0.2) is 9.78 Å². The van der Waals surface area contributed by atoms with Gasteiger partial charge < -0.3 is 9.64 Å². The highest BCUT2D eigenvalue weighted by Gasteiger charge is 2.20. The van der Waals surface area contributed by atoms with Crippen LogP contribution in [0.2, 0.25) is 0 Å². The molecule has 0 bridgehead atoms. The second-order valence-corrected chi connectivity index (χ2v) is 7.55. The van der Waals surface area contributed by atoms with Crippen LogP contribution in [0.5, 0.6) is 0 Å². The smallest absolute Gasteiger partial charge is 0.340 e. The average Bonchev–Trinajstić information content (AvgIpc) is 2.47. The first kappa shape index (κ1) is 17.2. The zero-order valence-corrected chi connectivity index (χ0v) is 14.9. The van der Waals surface area contributed by atoms with Gasteiger partial charge in [-0.05, 0) is 39.6 Å². The monoisotopic (exact) mass is 323 g/mol. The first-order chi connectivity index (χ1) is 10.4. The van der Waals surface area contributed by atoms with Crippen molar-refractivity contribution in [1.29, 1.82) is 0 Å². The van der Waals surface area contributed by atoms with Gasteiger partial charge in [-0.2, -0.15) is 0 Å². The lowest BCUT2D eigenvalue weighted by Gasteiger charge is -2.35. The lowest BCUT2D eigenvalue weighted by molar-refractivity contribution is 0.00691. The highest BCUT2D eigenvalue weighted by molar-refractivity contribution is 7.36. The van der Waals surface area contributed by atoms with Crippen LogP contribution in [-0.2, 0) is 4.74 Å². The van der Waals surface area contributed by atoms with Gasteiger partial charge in [0.15, 0.2) is 0 Å². The van der Waals surface area contributed by atoms with Crippen molar-refractivity contribution in [2.24, 2.45) is 0 Å². The van der Waals surface area contributed by atoms with E-state index in [9.17, 15) is 4.79 Å². The number of carbonyl (C=O) groups excluding carboxylic acids is 1. The van der Waals surface area contributed by atoms with Crippen LogP contribution in [0.1, 0.15) is 31.1 Å². The van der Waals surface area contributed by atoms with Crippen LogP contribution in [0.4, 0.5) is 5.82 Å². The molecular formula is C16H26N3O2P. The van der Waals surface area contributed by atoms with E-state index in [1.54, 1.807) is 12.3 Å². The fourth-order valence-corrected chi connectivity index (χ4v) is 3.15. The Morgan fingerprint density at radius 1 is 1.27 bits per heavy atom. The predicted molar refractivity (Wildman–Crippen MR) is 92.3 cm³/mol. The molecule has 1 atom stereocenters. The summed E-state index contributed by atoms with van der Waals surface area (Å²) in [4.78, 5) is 21.2. The maximum absolute atomic E-state index is 12.0. The van der Waals surface area contributed by atoms with E-state index in [2.05, 4.69) is 21.4 Å². The molecule has 0 radical (unpaired) electrons. The van der Waals surface area contributed by atoms with Crippen molar-refractivity contribution >= 4 is 20.4 Å². The number of carbonyl (C=O) groups is 1. The summed E-state index contributed by atoms with van der Waals surface area (Å²) in [5.41, 5.74) is 0.0240. The maximum atomic E-state index is 12.0. The molecule has 6 heteroatoms. The average molecular weight is 323 g/mol. The molecule has 0 aliphatic carbocycles. The van der Waals surface area contributed by atoms with E-state index < -0.39 is 5.60 Å². The van der Waals surface area contributed by atoms with Crippen LogP contribution in [0.3, 0.4) is 0 Å². The molecule has 2 rings (SSSR count). The summed E-state index contributed by atoms with van der Waals surface area (Å²) < 4.78 is 5.35. The Balaban J connectivity index is 1.94. The van der Waals surface area contributed by atoms with Crippen LogP contribution in [0, 0.1) is 0 Å². The molecule has 1 fully saturated rings. The molecule has 1 aliphatic heterocycles. The fraction of sp³-hybridized carbons (Fsp3) is 0.625. The molecule has 1 unspecified atom stereocenters. The van der Waals surface area contributed by atoms with E-state index in [-0.39, 0.29) is 5.97 Å². The van der Waals surface area contributed by atoms with Gasteiger partial charge >= 0.3 is 5.97 Å². The van der Waals surface area contributed by atoms with Gasteiger partial charge in [0.25, 0.3) is 0 Å². The summed E-state index contributed by atoms with van der Waals surface area (Å²) in [6.07, 6.45) is 2.81. The molecule has 1 aliphatic rings. The normalized spacial score (nSPS) is 17.2. The van der Waals surface area contributed by atoms with Gasteiger partial charge in [0.2, 0.25) is 0 Å². The van der Waals surface area contributed by atoms with Crippen molar-refractivity contribution < 1.29 is 9.53 Å². The third-order valence-corrected chi connectivity index (χ3v) is 4.22. The highest BCUT2D eigenvalue weighted by atomic mass is 31.1. The Morgan fingerprint density at radius 2 is 1.95 bits per heavy atom. The largest absolute Gasteiger partial charge is 0.456 e. The van der Waals surface area contributed by atoms with Crippen molar-refractivity contribution in [3.8, 4) is 0 Å². The maximum Gasteiger partial charge on any atom is 0.340 e. The van der Waals surface area contributed by atoms with Gasteiger partial charge in [0, 0.05) is 38.7 Å². The lowest BCUT2D eigenvalue weighted by atomic mass is 10.2. The molecule has 1 saturated heterocycles. The third kappa shape index (κ3) is 4.92. The predicted octanol–water partition coefficient (Wildman–Crippen LogP) is 2.42. The topological polar surface area (TPSA) is 45.7 Å². The first-order valence-electron chi connectivity index (χ1n) is 7.70.